The van der Waals surface area contributed by atoms with Gasteiger partial charge < -0.3 is 14.3 Å². The molecular weight excluding hydrogens is 380 g/mol. The first-order valence-electron chi connectivity index (χ1n) is 7.22. The van der Waals surface area contributed by atoms with Gasteiger partial charge in [-0.05, 0) is 29.8 Å². The van der Waals surface area contributed by atoms with E-state index < -0.39 is 16.4 Å². The fourth-order valence-electron chi connectivity index (χ4n) is 2.32. The molecule has 0 unspecified atom stereocenters. The van der Waals surface area contributed by atoms with Gasteiger partial charge in [-0.25, -0.2) is 0 Å². The number of carbonyl (C=O) groups is 1. The summed E-state index contributed by atoms with van der Waals surface area (Å²) in [5.74, 6) is -0.753. The van der Waals surface area contributed by atoms with Crippen LogP contribution in [-0.2, 0) is 11.3 Å². The van der Waals surface area contributed by atoms with Crippen molar-refractivity contribution in [2.75, 3.05) is 7.11 Å². The number of benzene rings is 1. The van der Waals surface area contributed by atoms with Gasteiger partial charge in [-0.15, -0.1) is 0 Å². The molecule has 2 aromatic rings. The molecule has 1 saturated heterocycles. The minimum atomic E-state index is -0.819. The summed E-state index contributed by atoms with van der Waals surface area (Å²) >= 11 is 6.29. The van der Waals surface area contributed by atoms with E-state index in [1.807, 2.05) is 0 Å². The number of hydrogen-bond acceptors (Lipinski definition) is 8. The molecule has 2 heterocycles. The summed E-state index contributed by atoms with van der Waals surface area (Å²) in [5.41, 5.74) is -0.326. The third-order valence-electron chi connectivity index (χ3n) is 3.54. The van der Waals surface area contributed by atoms with Crippen LogP contribution in [0.2, 0.25) is 0 Å². The zero-order valence-corrected chi connectivity index (χ0v) is 15.0. The van der Waals surface area contributed by atoms with Gasteiger partial charge in [0.2, 0.25) is 0 Å². The van der Waals surface area contributed by atoms with Crippen LogP contribution in [-0.4, -0.2) is 27.2 Å². The molecule has 134 valence electrons. The minimum Gasteiger partial charge on any atom is -0.865 e. The maximum Gasteiger partial charge on any atom is 0.266 e. The number of carbonyl (C=O) groups excluding carboxylic acids is 1. The number of ether oxygens (including phenoxy) is 1. The summed E-state index contributed by atoms with van der Waals surface area (Å²) in [6.07, 6.45) is 2.94. The Morgan fingerprint density at radius 3 is 2.85 bits per heavy atom. The van der Waals surface area contributed by atoms with Crippen molar-refractivity contribution in [3.63, 3.8) is 0 Å². The molecule has 8 nitrogen and oxygen atoms in total. The second-order valence-corrected chi connectivity index (χ2v) is 6.85. The molecule has 0 bridgehead atoms. The molecule has 0 saturated carbocycles. The molecule has 0 spiro atoms. The quantitative estimate of drug-likeness (QED) is 0.331. The molecule has 0 radical (unpaired) electrons. The number of thiocarbonyl (C=S) groups is 1. The van der Waals surface area contributed by atoms with E-state index in [0.717, 1.165) is 17.8 Å². The average molecular weight is 391 g/mol. The molecule has 3 rings (SSSR count). The number of nitro benzene ring substituents is 1. The number of hydrogen-bond donors (Lipinski definition) is 0. The number of rotatable bonds is 5. The van der Waals surface area contributed by atoms with Gasteiger partial charge >= 0.3 is 0 Å². The van der Waals surface area contributed by atoms with Crippen LogP contribution < -0.4 is 9.84 Å². The molecule has 0 atom stereocenters. The lowest BCUT2D eigenvalue weighted by Gasteiger charge is -2.13. The summed E-state index contributed by atoms with van der Waals surface area (Å²) in [5, 5.41) is 22.9. The first-order valence-corrected chi connectivity index (χ1v) is 8.44. The fourth-order valence-corrected chi connectivity index (χ4v) is 3.58. The molecule has 1 aromatic carbocycles. The third-order valence-corrected chi connectivity index (χ3v) is 4.92. The van der Waals surface area contributed by atoms with Crippen LogP contribution in [0.5, 0.6) is 11.5 Å². The Hall–Kier alpha value is -2.85. The molecule has 1 aliphatic rings. The Balaban J connectivity index is 1.93. The van der Waals surface area contributed by atoms with Crippen LogP contribution in [0.25, 0.3) is 6.08 Å². The van der Waals surface area contributed by atoms with Gasteiger partial charge in [0.05, 0.1) is 29.7 Å². The van der Waals surface area contributed by atoms with Crippen LogP contribution in [0.15, 0.2) is 39.9 Å². The van der Waals surface area contributed by atoms with Crippen molar-refractivity contribution in [3.05, 3.63) is 56.9 Å². The summed E-state index contributed by atoms with van der Waals surface area (Å²) in [4.78, 5) is 24.5. The van der Waals surface area contributed by atoms with Crippen molar-refractivity contribution >= 4 is 46.0 Å². The van der Waals surface area contributed by atoms with E-state index >= 15 is 0 Å². The molecule has 0 N–H and O–H groups in total. The predicted octanol–water partition coefficient (Wildman–Crippen LogP) is 2.67. The van der Waals surface area contributed by atoms with E-state index in [-0.39, 0.29) is 23.1 Å². The van der Waals surface area contributed by atoms with Gasteiger partial charge in [-0.3, -0.25) is 19.8 Å². The molecule has 10 heteroatoms. The van der Waals surface area contributed by atoms with Gasteiger partial charge in [0.25, 0.3) is 11.6 Å². The van der Waals surface area contributed by atoms with Crippen molar-refractivity contribution in [3.8, 4) is 11.5 Å². The second-order valence-electron chi connectivity index (χ2n) is 5.18. The first-order chi connectivity index (χ1) is 12.4. The van der Waals surface area contributed by atoms with Gasteiger partial charge in [-0.2, -0.15) is 0 Å². The number of nitrogens with zero attached hydrogens (tertiary/aromatic N) is 2. The maximum absolute atomic E-state index is 12.6. The van der Waals surface area contributed by atoms with Gasteiger partial charge in [-0.1, -0.05) is 24.0 Å². The molecule has 1 fully saturated rings. The number of nitro groups is 1. The lowest BCUT2D eigenvalue weighted by atomic mass is 10.1. The lowest BCUT2D eigenvalue weighted by molar-refractivity contribution is -0.398. The van der Waals surface area contributed by atoms with Crippen LogP contribution in [0.3, 0.4) is 0 Å². The van der Waals surface area contributed by atoms with E-state index in [1.165, 1.54) is 30.4 Å². The summed E-state index contributed by atoms with van der Waals surface area (Å²) in [7, 11) is 1.24. The topological polar surface area (TPSA) is 109 Å². The molecule has 1 aliphatic heterocycles. The highest BCUT2D eigenvalue weighted by molar-refractivity contribution is 8.26. The Bertz CT molecular complexity index is 923. The Kier molecular flexibility index (Phi) is 4.96. The summed E-state index contributed by atoms with van der Waals surface area (Å²) in [6.45, 7) is 0.192. The first kappa shape index (κ1) is 18.0. The molecule has 0 aliphatic carbocycles. The van der Waals surface area contributed by atoms with Crippen LogP contribution in [0, 0.1) is 10.1 Å². The molecule has 1 aromatic heterocycles. The van der Waals surface area contributed by atoms with E-state index in [2.05, 4.69) is 0 Å². The molecular formula is C16H11N2O6S2-. The fraction of sp³-hybridized carbons (Fsp3) is 0.125. The normalized spacial score (nSPS) is 15.7. The SMILES string of the molecule is COc1cc(/C=C2/SC(=S)N(Cc3ccco3)C2=O)cc([N+](=O)[O-])c1[O-]. The van der Waals surface area contributed by atoms with Crippen molar-refractivity contribution in [1.29, 1.82) is 0 Å². The number of methoxy groups -OCH3 is 1. The highest BCUT2D eigenvalue weighted by atomic mass is 32.2. The lowest BCUT2D eigenvalue weighted by Crippen LogP contribution is -2.27. The zero-order chi connectivity index (χ0) is 18.8. The summed E-state index contributed by atoms with van der Waals surface area (Å²) in [6, 6.07) is 5.88. The zero-order valence-electron chi connectivity index (χ0n) is 13.3. The smallest absolute Gasteiger partial charge is 0.266 e. The second kappa shape index (κ2) is 7.18. The number of furan rings is 1. The Labute approximate surface area is 157 Å². The molecule has 1 amide bonds. The largest absolute Gasteiger partial charge is 0.865 e. The van der Waals surface area contributed by atoms with Crippen molar-refractivity contribution in [2.45, 2.75) is 6.54 Å². The van der Waals surface area contributed by atoms with Gasteiger partial charge in [0, 0.05) is 11.8 Å². The van der Waals surface area contributed by atoms with Crippen molar-refractivity contribution < 1.29 is 24.0 Å². The molecule has 26 heavy (non-hydrogen) atoms. The Morgan fingerprint density at radius 2 is 2.23 bits per heavy atom. The van der Waals surface area contributed by atoms with E-state index in [4.69, 9.17) is 21.4 Å². The van der Waals surface area contributed by atoms with E-state index in [1.54, 1.807) is 12.1 Å². The average Bonchev–Trinajstić information content (AvgIpc) is 3.20. The highest BCUT2D eigenvalue weighted by Gasteiger charge is 2.32. The van der Waals surface area contributed by atoms with E-state index in [9.17, 15) is 20.0 Å². The van der Waals surface area contributed by atoms with Gasteiger partial charge in [0.15, 0.2) is 0 Å². The Morgan fingerprint density at radius 1 is 1.46 bits per heavy atom. The van der Waals surface area contributed by atoms with E-state index in [0.29, 0.717) is 15.6 Å². The number of thioether (sulfide) groups is 1. The number of amides is 1. The van der Waals surface area contributed by atoms with Crippen molar-refractivity contribution in [2.24, 2.45) is 0 Å². The monoisotopic (exact) mass is 391 g/mol. The van der Waals surface area contributed by atoms with Crippen LogP contribution >= 0.6 is 24.0 Å². The summed E-state index contributed by atoms with van der Waals surface area (Å²) < 4.78 is 10.5. The minimum absolute atomic E-state index is 0.170. The van der Waals surface area contributed by atoms with Crippen LogP contribution in [0.1, 0.15) is 11.3 Å². The third kappa shape index (κ3) is 3.41. The van der Waals surface area contributed by atoms with Crippen molar-refractivity contribution in [1.82, 2.24) is 4.90 Å². The van der Waals surface area contributed by atoms with Gasteiger partial charge in [0.1, 0.15) is 15.8 Å². The van der Waals surface area contributed by atoms with Crippen LogP contribution in [0.4, 0.5) is 5.69 Å². The standard InChI is InChI=1S/C16H12N2O6S2/c1-23-12-6-9(5-11(14(12)19)18(21)22)7-13-15(20)17(16(25)26-13)8-10-3-2-4-24-10/h2-7,19H,8H2,1H3/p-1/b13-7+. The highest BCUT2D eigenvalue weighted by Crippen LogP contribution is 2.38. The predicted molar refractivity (Wildman–Crippen MR) is 96.5 cm³/mol. The maximum atomic E-state index is 12.6.